The van der Waals surface area contributed by atoms with E-state index < -0.39 is 5.67 Å². The van der Waals surface area contributed by atoms with E-state index in [-0.39, 0.29) is 0 Å². The van der Waals surface area contributed by atoms with Crippen LogP contribution in [-0.2, 0) is 6.42 Å². The van der Waals surface area contributed by atoms with Gasteiger partial charge in [-0.05, 0) is 36.3 Å². The fourth-order valence-electron chi connectivity index (χ4n) is 1.93. The number of rotatable bonds is 2. The Bertz CT molecular complexity index is 317. The van der Waals surface area contributed by atoms with Gasteiger partial charge in [0.25, 0.3) is 0 Å². The summed E-state index contributed by atoms with van der Waals surface area (Å²) in [5, 5.41) is 0. The molecule has 0 spiro atoms. The second-order valence-electron chi connectivity index (χ2n) is 4.11. The molecule has 1 aliphatic heterocycles. The first-order valence-electron chi connectivity index (χ1n) is 5.19. The van der Waals surface area contributed by atoms with E-state index in [2.05, 4.69) is 15.9 Å². The van der Waals surface area contributed by atoms with Crippen molar-refractivity contribution in [2.75, 3.05) is 11.5 Å². The number of alkyl halides is 1. The minimum Gasteiger partial charge on any atom is -0.243 e. The predicted octanol–water partition coefficient (Wildman–Crippen LogP) is 4.23. The molecule has 1 fully saturated rings. The molecule has 0 aromatic heterocycles. The van der Waals surface area contributed by atoms with Gasteiger partial charge in [-0.3, -0.25) is 0 Å². The molecule has 1 aromatic rings. The second-order valence-corrected chi connectivity index (χ2v) is 6.13. The smallest absolute Gasteiger partial charge is 0.124 e. The Hall–Kier alpha value is -0.0200. The molecule has 0 aliphatic carbocycles. The summed E-state index contributed by atoms with van der Waals surface area (Å²) >= 11 is 5.13. The molecule has 1 unspecified atom stereocenters. The van der Waals surface area contributed by atoms with Gasteiger partial charge in [0.2, 0.25) is 0 Å². The Morgan fingerprint density at radius 1 is 1.33 bits per heavy atom. The molecule has 0 nitrogen and oxygen atoms in total. The van der Waals surface area contributed by atoms with Crippen molar-refractivity contribution in [2.24, 2.45) is 0 Å². The van der Waals surface area contributed by atoms with E-state index in [0.717, 1.165) is 28.6 Å². The van der Waals surface area contributed by atoms with Gasteiger partial charge >= 0.3 is 0 Å². The molecule has 0 radical (unpaired) electrons. The maximum absolute atomic E-state index is 14.3. The van der Waals surface area contributed by atoms with E-state index in [1.807, 2.05) is 24.3 Å². The van der Waals surface area contributed by atoms with E-state index in [4.69, 9.17) is 0 Å². The quantitative estimate of drug-likeness (QED) is 0.785. The highest BCUT2D eigenvalue weighted by atomic mass is 79.9. The van der Waals surface area contributed by atoms with Crippen molar-refractivity contribution in [1.29, 1.82) is 0 Å². The Morgan fingerprint density at radius 3 is 2.67 bits per heavy atom. The molecule has 2 rings (SSSR count). The molecule has 15 heavy (non-hydrogen) atoms. The molecule has 1 heterocycles. The highest BCUT2D eigenvalue weighted by Crippen LogP contribution is 2.33. The van der Waals surface area contributed by atoms with Crippen molar-refractivity contribution < 1.29 is 4.39 Å². The van der Waals surface area contributed by atoms with Gasteiger partial charge in [-0.2, -0.15) is 11.8 Å². The van der Waals surface area contributed by atoms with E-state index in [0.29, 0.717) is 12.2 Å². The van der Waals surface area contributed by atoms with Crippen LogP contribution in [0.3, 0.4) is 0 Å². The standard InChI is InChI=1S/C12H14BrFS/c13-11-4-2-10(3-5-11)8-12(14)6-1-7-15-9-12/h2-5H,1,6-9H2. The number of benzene rings is 1. The van der Waals surface area contributed by atoms with Crippen molar-refractivity contribution in [1.82, 2.24) is 0 Å². The lowest BCUT2D eigenvalue weighted by Gasteiger charge is -2.29. The summed E-state index contributed by atoms with van der Waals surface area (Å²) in [7, 11) is 0. The third-order valence-corrected chi connectivity index (χ3v) is 4.54. The summed E-state index contributed by atoms with van der Waals surface area (Å²) in [4.78, 5) is 0. The molecule has 0 N–H and O–H groups in total. The van der Waals surface area contributed by atoms with Crippen LogP contribution < -0.4 is 0 Å². The molecule has 1 saturated heterocycles. The van der Waals surface area contributed by atoms with Crippen molar-refractivity contribution in [3.63, 3.8) is 0 Å². The fourth-order valence-corrected chi connectivity index (χ4v) is 3.30. The molecule has 0 saturated carbocycles. The Morgan fingerprint density at radius 2 is 2.07 bits per heavy atom. The Kier molecular flexibility index (Phi) is 3.73. The third-order valence-electron chi connectivity index (χ3n) is 2.71. The average Bonchev–Trinajstić information content (AvgIpc) is 2.22. The molecular formula is C12H14BrFS. The van der Waals surface area contributed by atoms with Crippen molar-refractivity contribution in [3.8, 4) is 0 Å². The lowest BCUT2D eigenvalue weighted by molar-refractivity contribution is 0.176. The summed E-state index contributed by atoms with van der Waals surface area (Å²) < 4.78 is 15.4. The fraction of sp³-hybridized carbons (Fsp3) is 0.500. The molecule has 0 amide bonds. The predicted molar refractivity (Wildman–Crippen MR) is 68.2 cm³/mol. The number of hydrogen-bond donors (Lipinski definition) is 0. The SMILES string of the molecule is FC1(Cc2ccc(Br)cc2)CCCSC1. The maximum atomic E-state index is 14.3. The summed E-state index contributed by atoms with van der Waals surface area (Å²) in [5.74, 6) is 1.77. The zero-order valence-electron chi connectivity index (χ0n) is 8.51. The monoisotopic (exact) mass is 288 g/mol. The van der Waals surface area contributed by atoms with Crippen LogP contribution in [-0.4, -0.2) is 17.2 Å². The highest BCUT2D eigenvalue weighted by molar-refractivity contribution is 9.10. The minimum absolute atomic E-state index is 0.563. The first kappa shape index (κ1) is 11.5. The summed E-state index contributed by atoms with van der Waals surface area (Å²) in [6.07, 6.45) is 2.29. The van der Waals surface area contributed by atoms with Gasteiger partial charge in [0.15, 0.2) is 0 Å². The Balaban J connectivity index is 2.03. The van der Waals surface area contributed by atoms with E-state index in [1.165, 1.54) is 0 Å². The zero-order valence-corrected chi connectivity index (χ0v) is 10.9. The van der Waals surface area contributed by atoms with Crippen LogP contribution in [0.5, 0.6) is 0 Å². The molecular weight excluding hydrogens is 275 g/mol. The lowest BCUT2D eigenvalue weighted by Crippen LogP contribution is -2.32. The molecule has 1 atom stereocenters. The molecule has 82 valence electrons. The van der Waals surface area contributed by atoms with Crippen LogP contribution >= 0.6 is 27.7 Å². The van der Waals surface area contributed by atoms with E-state index in [9.17, 15) is 4.39 Å². The highest BCUT2D eigenvalue weighted by Gasteiger charge is 2.32. The number of thioether (sulfide) groups is 1. The molecule has 3 heteroatoms. The average molecular weight is 289 g/mol. The van der Waals surface area contributed by atoms with Crippen LogP contribution in [0.2, 0.25) is 0 Å². The topological polar surface area (TPSA) is 0 Å². The van der Waals surface area contributed by atoms with Crippen molar-refractivity contribution in [2.45, 2.75) is 24.9 Å². The normalized spacial score (nSPS) is 26.5. The zero-order chi connectivity index (χ0) is 10.7. The number of hydrogen-bond acceptors (Lipinski definition) is 1. The van der Waals surface area contributed by atoms with Gasteiger partial charge < -0.3 is 0 Å². The van der Waals surface area contributed by atoms with Gasteiger partial charge in [0.05, 0.1) is 0 Å². The Labute approximate surface area is 103 Å². The van der Waals surface area contributed by atoms with Crippen LogP contribution in [0.1, 0.15) is 18.4 Å². The van der Waals surface area contributed by atoms with Crippen LogP contribution in [0.4, 0.5) is 4.39 Å². The molecule has 1 aromatic carbocycles. The van der Waals surface area contributed by atoms with Crippen molar-refractivity contribution >= 4 is 27.7 Å². The van der Waals surface area contributed by atoms with Gasteiger partial charge in [0, 0.05) is 16.6 Å². The summed E-state index contributed by atoms with van der Waals surface area (Å²) in [6.45, 7) is 0. The number of halogens is 2. The first-order chi connectivity index (χ1) is 7.18. The molecule has 0 bridgehead atoms. The minimum atomic E-state index is -0.975. The van der Waals surface area contributed by atoms with E-state index >= 15 is 0 Å². The summed E-state index contributed by atoms with van der Waals surface area (Å²) in [6, 6.07) is 7.97. The molecule has 1 aliphatic rings. The van der Waals surface area contributed by atoms with Crippen LogP contribution in [0, 0.1) is 0 Å². The summed E-state index contributed by atoms with van der Waals surface area (Å²) in [5.41, 5.74) is 0.125. The first-order valence-corrected chi connectivity index (χ1v) is 7.14. The van der Waals surface area contributed by atoms with Crippen LogP contribution in [0.25, 0.3) is 0 Å². The van der Waals surface area contributed by atoms with Gasteiger partial charge in [-0.15, -0.1) is 0 Å². The van der Waals surface area contributed by atoms with Gasteiger partial charge in [-0.25, -0.2) is 4.39 Å². The van der Waals surface area contributed by atoms with E-state index in [1.54, 1.807) is 11.8 Å². The largest absolute Gasteiger partial charge is 0.243 e. The lowest BCUT2D eigenvalue weighted by atomic mass is 9.93. The van der Waals surface area contributed by atoms with Gasteiger partial charge in [0.1, 0.15) is 5.67 Å². The van der Waals surface area contributed by atoms with Crippen LogP contribution in [0.15, 0.2) is 28.7 Å². The second kappa shape index (κ2) is 4.88. The van der Waals surface area contributed by atoms with Gasteiger partial charge in [-0.1, -0.05) is 28.1 Å². The third kappa shape index (κ3) is 3.22. The maximum Gasteiger partial charge on any atom is 0.124 e. The van der Waals surface area contributed by atoms with Crippen molar-refractivity contribution in [3.05, 3.63) is 34.3 Å².